The average molecular weight is 211 g/mol. The number of hydrogen-bond donors (Lipinski definition) is 0. The van der Waals surface area contributed by atoms with E-state index in [2.05, 4.69) is 0 Å². The zero-order valence-corrected chi connectivity index (χ0v) is 9.61. The van der Waals surface area contributed by atoms with Crippen LogP contribution in [0, 0.1) is 5.92 Å². The van der Waals surface area contributed by atoms with E-state index in [0.717, 1.165) is 0 Å². The number of carbonyl (C=O) groups is 2. The lowest BCUT2D eigenvalue weighted by Crippen LogP contribution is -2.59. The molecule has 4 heteroatoms. The maximum Gasteiger partial charge on any atom is 0.220 e. The Morgan fingerprint density at radius 1 is 1.33 bits per heavy atom. The predicted octanol–water partition coefficient (Wildman–Crippen LogP) is 0.600. The molecule has 0 bridgehead atoms. The summed E-state index contributed by atoms with van der Waals surface area (Å²) in [5.74, 6) is 0.192. The molecule has 0 aliphatic carbocycles. The Morgan fingerprint density at radius 3 is 2.33 bits per heavy atom. The number of fused-ring (bicyclic) bond motifs is 1. The van der Waals surface area contributed by atoms with Gasteiger partial charge < -0.3 is 9.64 Å². The van der Waals surface area contributed by atoms with Crippen LogP contribution in [0.4, 0.5) is 0 Å². The highest BCUT2D eigenvalue weighted by atomic mass is 16.5. The number of hydrogen-bond acceptors (Lipinski definition) is 3. The molecule has 2 aliphatic rings. The largest absolute Gasteiger partial charge is 0.370 e. The highest BCUT2D eigenvalue weighted by Crippen LogP contribution is 2.47. The Bertz CT molecular complexity index is 324. The highest BCUT2D eigenvalue weighted by Gasteiger charge is 2.60. The molecule has 0 radical (unpaired) electrons. The first-order chi connectivity index (χ1) is 6.84. The summed E-state index contributed by atoms with van der Waals surface area (Å²) in [5.41, 5.74) is -0.273. The standard InChI is InChI=1S/C11H17NO3/c1-6(13)10-9-8(15-11(9,3)4)5-12(10)7(2)14/h8-10H,5H2,1-4H3/t8-,9-,10+/m0/s1. The lowest BCUT2D eigenvalue weighted by Gasteiger charge is -2.48. The Kier molecular flexibility index (Phi) is 2.15. The average Bonchev–Trinajstić information content (AvgIpc) is 2.39. The smallest absolute Gasteiger partial charge is 0.220 e. The van der Waals surface area contributed by atoms with Crippen LogP contribution in [-0.4, -0.2) is 40.9 Å². The van der Waals surface area contributed by atoms with Crippen LogP contribution in [0.2, 0.25) is 0 Å². The lowest BCUT2D eigenvalue weighted by atomic mass is 9.76. The van der Waals surface area contributed by atoms with Crippen molar-refractivity contribution in [2.24, 2.45) is 5.92 Å². The lowest BCUT2D eigenvalue weighted by molar-refractivity contribution is -0.225. The zero-order valence-electron chi connectivity index (χ0n) is 9.61. The molecule has 0 N–H and O–H groups in total. The number of nitrogens with zero attached hydrogens (tertiary/aromatic N) is 1. The van der Waals surface area contributed by atoms with Gasteiger partial charge in [-0.1, -0.05) is 0 Å². The summed E-state index contributed by atoms with van der Waals surface area (Å²) >= 11 is 0. The molecule has 0 unspecified atom stereocenters. The molecule has 2 rings (SSSR count). The Morgan fingerprint density at radius 2 is 1.93 bits per heavy atom. The Balaban J connectivity index is 2.27. The van der Waals surface area contributed by atoms with Crippen molar-refractivity contribution in [2.75, 3.05) is 6.54 Å². The van der Waals surface area contributed by atoms with E-state index in [4.69, 9.17) is 4.74 Å². The van der Waals surface area contributed by atoms with Gasteiger partial charge >= 0.3 is 0 Å². The Labute approximate surface area is 89.6 Å². The van der Waals surface area contributed by atoms with Crippen LogP contribution in [0.1, 0.15) is 27.7 Å². The summed E-state index contributed by atoms with van der Waals surface area (Å²) in [7, 11) is 0. The van der Waals surface area contributed by atoms with E-state index in [0.29, 0.717) is 6.54 Å². The van der Waals surface area contributed by atoms with E-state index in [1.54, 1.807) is 11.8 Å². The maximum absolute atomic E-state index is 11.6. The van der Waals surface area contributed by atoms with Gasteiger partial charge in [0.1, 0.15) is 0 Å². The van der Waals surface area contributed by atoms with Crippen molar-refractivity contribution in [3.63, 3.8) is 0 Å². The van der Waals surface area contributed by atoms with Gasteiger partial charge in [0, 0.05) is 19.4 Å². The first-order valence-electron chi connectivity index (χ1n) is 5.30. The summed E-state index contributed by atoms with van der Waals surface area (Å²) in [6, 6.07) is -0.281. The fourth-order valence-corrected chi connectivity index (χ4v) is 2.95. The van der Waals surface area contributed by atoms with Gasteiger partial charge in [0.25, 0.3) is 0 Å². The predicted molar refractivity (Wildman–Crippen MR) is 54.3 cm³/mol. The van der Waals surface area contributed by atoms with Gasteiger partial charge in [-0.25, -0.2) is 0 Å². The molecular weight excluding hydrogens is 194 g/mol. The SMILES string of the molecule is CC(=O)[C@@H]1[C@@H]2[C@H](CN1C(C)=O)OC2(C)C. The van der Waals surface area contributed by atoms with E-state index in [1.807, 2.05) is 13.8 Å². The first-order valence-corrected chi connectivity index (χ1v) is 5.30. The number of carbonyl (C=O) groups excluding carboxylic acids is 2. The summed E-state index contributed by atoms with van der Waals surface area (Å²) in [4.78, 5) is 24.6. The molecule has 0 saturated carbocycles. The molecule has 2 heterocycles. The van der Waals surface area contributed by atoms with Gasteiger partial charge in [-0.3, -0.25) is 9.59 Å². The molecule has 3 atom stereocenters. The molecule has 0 aromatic heterocycles. The number of amides is 1. The fourth-order valence-electron chi connectivity index (χ4n) is 2.95. The minimum Gasteiger partial charge on any atom is -0.370 e. The van der Waals surface area contributed by atoms with Crippen LogP contribution in [0.15, 0.2) is 0 Å². The van der Waals surface area contributed by atoms with E-state index in [9.17, 15) is 9.59 Å². The third-order valence-corrected chi connectivity index (χ3v) is 3.53. The van der Waals surface area contributed by atoms with Crippen LogP contribution < -0.4 is 0 Å². The maximum atomic E-state index is 11.6. The van der Waals surface area contributed by atoms with Gasteiger partial charge in [0.2, 0.25) is 5.91 Å². The van der Waals surface area contributed by atoms with Crippen LogP contribution >= 0.6 is 0 Å². The van der Waals surface area contributed by atoms with E-state index < -0.39 is 0 Å². The normalized spacial score (nSPS) is 37.1. The molecule has 1 amide bonds. The van der Waals surface area contributed by atoms with Gasteiger partial charge in [0.15, 0.2) is 5.78 Å². The second-order valence-electron chi connectivity index (χ2n) is 5.01. The van der Waals surface area contributed by atoms with Gasteiger partial charge in [-0.15, -0.1) is 0 Å². The van der Waals surface area contributed by atoms with Gasteiger partial charge in [-0.2, -0.15) is 0 Å². The summed E-state index contributed by atoms with van der Waals surface area (Å²) in [5, 5.41) is 0. The third-order valence-electron chi connectivity index (χ3n) is 3.53. The summed E-state index contributed by atoms with van der Waals surface area (Å²) < 4.78 is 5.67. The zero-order chi connectivity index (χ0) is 11.4. The van der Waals surface area contributed by atoms with Gasteiger partial charge in [-0.05, 0) is 20.8 Å². The third kappa shape index (κ3) is 1.39. The van der Waals surface area contributed by atoms with Crippen molar-refractivity contribution in [3.05, 3.63) is 0 Å². The van der Waals surface area contributed by atoms with Crippen molar-refractivity contribution in [2.45, 2.75) is 45.4 Å². The van der Waals surface area contributed by atoms with E-state index >= 15 is 0 Å². The van der Waals surface area contributed by atoms with Crippen molar-refractivity contribution in [1.29, 1.82) is 0 Å². The summed E-state index contributed by atoms with van der Waals surface area (Å²) in [6.07, 6.45) is 0.0535. The highest BCUT2D eigenvalue weighted by molar-refractivity contribution is 5.88. The fraction of sp³-hybridized carbons (Fsp3) is 0.818. The van der Waals surface area contributed by atoms with Crippen LogP contribution in [-0.2, 0) is 14.3 Å². The van der Waals surface area contributed by atoms with Crippen LogP contribution in [0.5, 0.6) is 0 Å². The molecule has 84 valence electrons. The van der Waals surface area contributed by atoms with E-state index in [-0.39, 0.29) is 35.4 Å². The first kappa shape index (κ1) is 10.6. The van der Waals surface area contributed by atoms with Crippen molar-refractivity contribution in [3.8, 4) is 0 Å². The number of rotatable bonds is 1. The van der Waals surface area contributed by atoms with Crippen LogP contribution in [0.25, 0.3) is 0 Å². The molecular formula is C11H17NO3. The van der Waals surface area contributed by atoms with Crippen molar-refractivity contribution >= 4 is 11.7 Å². The monoisotopic (exact) mass is 211 g/mol. The molecule has 0 aromatic carbocycles. The quantitative estimate of drug-likeness (QED) is 0.638. The van der Waals surface area contributed by atoms with Crippen molar-refractivity contribution < 1.29 is 14.3 Å². The van der Waals surface area contributed by atoms with Crippen LogP contribution in [0.3, 0.4) is 0 Å². The minimum atomic E-state index is -0.281. The molecule has 4 nitrogen and oxygen atoms in total. The molecule has 2 fully saturated rings. The minimum absolute atomic E-state index is 0.0380. The number of Topliss-reactive ketones (excluding diaryl/α,β-unsaturated/α-hetero) is 1. The number of ketones is 1. The molecule has 2 saturated heterocycles. The second kappa shape index (κ2) is 3.04. The summed E-state index contributed by atoms with van der Waals surface area (Å²) in [6.45, 7) is 7.58. The number of likely N-dealkylation sites (tertiary alicyclic amines) is 1. The van der Waals surface area contributed by atoms with Gasteiger partial charge in [0.05, 0.1) is 17.7 Å². The molecule has 2 aliphatic heterocycles. The molecule has 15 heavy (non-hydrogen) atoms. The topological polar surface area (TPSA) is 46.6 Å². The second-order valence-corrected chi connectivity index (χ2v) is 5.01. The number of ether oxygens (including phenoxy) is 1. The molecule has 0 aromatic rings. The van der Waals surface area contributed by atoms with Crippen molar-refractivity contribution in [1.82, 2.24) is 4.90 Å². The Hall–Kier alpha value is -0.900. The van der Waals surface area contributed by atoms with E-state index in [1.165, 1.54) is 6.92 Å². The molecule has 0 spiro atoms.